The van der Waals surface area contributed by atoms with Crippen LogP contribution in [0.4, 0.5) is 0 Å². The molecule has 2 unspecified atom stereocenters. The lowest BCUT2D eigenvalue weighted by molar-refractivity contribution is -0.349. The van der Waals surface area contributed by atoms with Crippen LogP contribution in [0, 0.1) is 11.3 Å². The van der Waals surface area contributed by atoms with E-state index in [9.17, 15) is 0 Å². The maximum atomic E-state index is 8.93. The predicted molar refractivity (Wildman–Crippen MR) is 52.3 cm³/mol. The Morgan fingerprint density at radius 1 is 1.38 bits per heavy atom. The Morgan fingerprint density at radius 3 is 2.38 bits per heavy atom. The van der Waals surface area contributed by atoms with Gasteiger partial charge in [-0.25, -0.2) is 10.1 Å². The van der Waals surface area contributed by atoms with Crippen LogP contribution in [0.15, 0.2) is 0 Å². The fraction of sp³-hybridized carbons (Fsp3) is 1.00. The van der Waals surface area contributed by atoms with Gasteiger partial charge in [0.25, 0.3) is 0 Å². The standard InChI is InChI=1S/C10H21NO2/c1-8-5-9(2,3)7-10(6-8,11-4)13-12/h8,11-12H,5-7H2,1-4H3. The summed E-state index contributed by atoms with van der Waals surface area (Å²) < 4.78 is 0. The van der Waals surface area contributed by atoms with E-state index in [1.165, 1.54) is 6.42 Å². The number of nitrogens with one attached hydrogen (secondary N) is 1. The minimum absolute atomic E-state index is 0.239. The molecule has 1 rings (SSSR count). The molecule has 78 valence electrons. The van der Waals surface area contributed by atoms with E-state index in [4.69, 9.17) is 5.26 Å². The summed E-state index contributed by atoms with van der Waals surface area (Å²) in [6.45, 7) is 6.63. The average molecular weight is 187 g/mol. The van der Waals surface area contributed by atoms with Crippen molar-refractivity contribution in [2.75, 3.05) is 7.05 Å². The molecule has 0 bridgehead atoms. The minimum atomic E-state index is -0.527. The van der Waals surface area contributed by atoms with E-state index in [2.05, 4.69) is 31.0 Å². The van der Waals surface area contributed by atoms with E-state index >= 15 is 0 Å². The van der Waals surface area contributed by atoms with E-state index in [1.54, 1.807) is 0 Å². The Balaban J connectivity index is 2.76. The molecule has 0 radical (unpaired) electrons. The van der Waals surface area contributed by atoms with Crippen molar-refractivity contribution in [3.8, 4) is 0 Å². The van der Waals surface area contributed by atoms with Gasteiger partial charge in [0.15, 0.2) is 5.72 Å². The molecule has 3 heteroatoms. The van der Waals surface area contributed by atoms with E-state index in [1.807, 2.05) is 7.05 Å². The monoisotopic (exact) mass is 187 g/mol. The zero-order valence-electron chi connectivity index (χ0n) is 9.05. The van der Waals surface area contributed by atoms with E-state index in [-0.39, 0.29) is 5.41 Å². The highest BCUT2D eigenvalue weighted by molar-refractivity contribution is 4.91. The first-order valence-electron chi connectivity index (χ1n) is 4.94. The third-order valence-electron chi connectivity index (χ3n) is 2.97. The fourth-order valence-corrected chi connectivity index (χ4v) is 2.80. The van der Waals surface area contributed by atoms with Crippen LogP contribution in [-0.2, 0) is 4.89 Å². The van der Waals surface area contributed by atoms with Crippen molar-refractivity contribution in [1.29, 1.82) is 0 Å². The Labute approximate surface area is 80.4 Å². The first kappa shape index (κ1) is 11.0. The number of hydrogen-bond acceptors (Lipinski definition) is 3. The first-order chi connectivity index (χ1) is 5.93. The van der Waals surface area contributed by atoms with Gasteiger partial charge in [0.1, 0.15) is 0 Å². The largest absolute Gasteiger partial charge is 0.290 e. The average Bonchev–Trinajstić information content (AvgIpc) is 2.00. The van der Waals surface area contributed by atoms with Crippen LogP contribution in [-0.4, -0.2) is 18.0 Å². The van der Waals surface area contributed by atoms with Gasteiger partial charge < -0.3 is 0 Å². The second-order valence-corrected chi connectivity index (χ2v) is 5.19. The molecule has 0 spiro atoms. The third-order valence-corrected chi connectivity index (χ3v) is 2.97. The highest BCUT2D eigenvalue weighted by Gasteiger charge is 2.43. The zero-order valence-corrected chi connectivity index (χ0v) is 9.05. The second kappa shape index (κ2) is 3.56. The third kappa shape index (κ3) is 2.42. The molecule has 1 aliphatic rings. The molecule has 13 heavy (non-hydrogen) atoms. The van der Waals surface area contributed by atoms with Crippen LogP contribution in [0.5, 0.6) is 0 Å². The van der Waals surface area contributed by atoms with Crippen LogP contribution in [0.1, 0.15) is 40.0 Å². The van der Waals surface area contributed by atoms with Gasteiger partial charge in [-0.05, 0) is 37.6 Å². The molecular weight excluding hydrogens is 166 g/mol. The van der Waals surface area contributed by atoms with Crippen LogP contribution in [0.2, 0.25) is 0 Å². The number of rotatable bonds is 2. The van der Waals surface area contributed by atoms with Gasteiger partial charge in [-0.2, -0.15) is 0 Å². The molecule has 3 nitrogen and oxygen atoms in total. The van der Waals surface area contributed by atoms with Crippen molar-refractivity contribution in [3.63, 3.8) is 0 Å². The van der Waals surface area contributed by atoms with Crippen LogP contribution < -0.4 is 5.32 Å². The Bertz CT molecular complexity index is 176. The van der Waals surface area contributed by atoms with E-state index in [0.717, 1.165) is 12.8 Å². The number of hydrogen-bond donors (Lipinski definition) is 2. The zero-order chi connectivity index (χ0) is 10.1. The van der Waals surface area contributed by atoms with Gasteiger partial charge in [-0.3, -0.25) is 5.32 Å². The molecule has 1 saturated carbocycles. The molecule has 2 atom stereocenters. The highest BCUT2D eigenvalue weighted by Crippen LogP contribution is 2.43. The van der Waals surface area contributed by atoms with Gasteiger partial charge in [0.2, 0.25) is 0 Å². The van der Waals surface area contributed by atoms with Gasteiger partial charge in [0.05, 0.1) is 0 Å². The quantitative estimate of drug-likeness (QED) is 0.396. The molecule has 0 aromatic rings. The van der Waals surface area contributed by atoms with E-state index < -0.39 is 5.72 Å². The summed E-state index contributed by atoms with van der Waals surface area (Å²) in [6, 6.07) is 0. The van der Waals surface area contributed by atoms with Crippen molar-refractivity contribution >= 4 is 0 Å². The Hall–Kier alpha value is -0.120. The van der Waals surface area contributed by atoms with Gasteiger partial charge in [-0.15, -0.1) is 0 Å². The Kier molecular flexibility index (Phi) is 3.00. The van der Waals surface area contributed by atoms with Crippen molar-refractivity contribution in [2.24, 2.45) is 11.3 Å². The summed E-state index contributed by atoms with van der Waals surface area (Å²) in [5.41, 5.74) is -0.287. The van der Waals surface area contributed by atoms with E-state index in [0.29, 0.717) is 5.92 Å². The molecule has 0 aromatic carbocycles. The summed E-state index contributed by atoms with van der Waals surface area (Å²) in [5.74, 6) is 0.586. The molecule has 0 amide bonds. The normalized spacial score (nSPS) is 39.0. The molecule has 1 aliphatic carbocycles. The lowest BCUT2D eigenvalue weighted by Crippen LogP contribution is -2.52. The summed E-state index contributed by atoms with van der Waals surface area (Å²) in [7, 11) is 1.84. The minimum Gasteiger partial charge on any atom is -0.290 e. The van der Waals surface area contributed by atoms with Crippen LogP contribution >= 0.6 is 0 Å². The summed E-state index contributed by atoms with van der Waals surface area (Å²) in [6.07, 6.45) is 2.93. The van der Waals surface area contributed by atoms with Crippen molar-refractivity contribution in [2.45, 2.75) is 45.8 Å². The molecule has 1 fully saturated rings. The summed E-state index contributed by atoms with van der Waals surface area (Å²) >= 11 is 0. The summed E-state index contributed by atoms with van der Waals surface area (Å²) in [4.78, 5) is 4.62. The maximum Gasteiger partial charge on any atom is 0.154 e. The molecule has 0 aliphatic heterocycles. The molecule has 0 heterocycles. The van der Waals surface area contributed by atoms with Gasteiger partial charge in [-0.1, -0.05) is 20.8 Å². The predicted octanol–water partition coefficient (Wildman–Crippen LogP) is 2.24. The van der Waals surface area contributed by atoms with Crippen LogP contribution in [0.3, 0.4) is 0 Å². The second-order valence-electron chi connectivity index (χ2n) is 5.19. The Morgan fingerprint density at radius 2 is 2.00 bits per heavy atom. The molecular formula is C10H21NO2. The molecule has 0 saturated heterocycles. The summed E-state index contributed by atoms with van der Waals surface area (Å²) in [5, 5.41) is 12.0. The molecule has 2 N–H and O–H groups in total. The highest BCUT2D eigenvalue weighted by atomic mass is 17.1. The van der Waals surface area contributed by atoms with Gasteiger partial charge >= 0.3 is 0 Å². The topological polar surface area (TPSA) is 41.5 Å². The van der Waals surface area contributed by atoms with Crippen molar-refractivity contribution in [3.05, 3.63) is 0 Å². The smallest absolute Gasteiger partial charge is 0.154 e. The fourth-order valence-electron chi connectivity index (χ4n) is 2.80. The van der Waals surface area contributed by atoms with Crippen LogP contribution in [0.25, 0.3) is 0 Å². The lowest BCUT2D eigenvalue weighted by Gasteiger charge is -2.45. The molecule has 0 aromatic heterocycles. The van der Waals surface area contributed by atoms with Crippen molar-refractivity contribution in [1.82, 2.24) is 5.32 Å². The van der Waals surface area contributed by atoms with Crippen molar-refractivity contribution < 1.29 is 10.1 Å². The van der Waals surface area contributed by atoms with Gasteiger partial charge in [0, 0.05) is 0 Å². The maximum absolute atomic E-state index is 8.93. The first-order valence-corrected chi connectivity index (χ1v) is 4.94. The lowest BCUT2D eigenvalue weighted by atomic mass is 9.69. The SMILES string of the molecule is CNC1(OO)CC(C)CC(C)(C)C1.